The lowest BCUT2D eigenvalue weighted by Crippen LogP contribution is -2.19. The third kappa shape index (κ3) is 2.41. The van der Waals surface area contributed by atoms with Crippen molar-refractivity contribution in [3.63, 3.8) is 0 Å². The van der Waals surface area contributed by atoms with Gasteiger partial charge in [-0.3, -0.25) is 4.68 Å². The average Bonchev–Trinajstić information content (AvgIpc) is 3.01. The molecule has 0 saturated carbocycles. The van der Waals surface area contributed by atoms with E-state index in [1.165, 1.54) is 20.3 Å². The maximum absolute atomic E-state index is 4.71. The maximum Gasteiger partial charge on any atom is 0.0876 e. The molecule has 1 N–H and O–H groups in total. The van der Waals surface area contributed by atoms with Crippen LogP contribution in [0, 0.1) is 0 Å². The predicted molar refractivity (Wildman–Crippen MR) is 88.2 cm³/mol. The molecule has 20 heavy (non-hydrogen) atoms. The maximum atomic E-state index is 4.71. The molecule has 0 radical (unpaired) electrons. The highest BCUT2D eigenvalue weighted by Crippen LogP contribution is 2.30. The lowest BCUT2D eigenvalue weighted by molar-refractivity contribution is 0.570. The van der Waals surface area contributed by atoms with Crippen molar-refractivity contribution in [2.45, 2.75) is 12.5 Å². The molecule has 3 aromatic rings. The number of para-hydroxylation sites is 1. The minimum Gasteiger partial charge on any atom is -0.311 e. The molecule has 0 aliphatic carbocycles. The first kappa shape index (κ1) is 13.8. The number of hydrogen-bond donors (Lipinski definition) is 1. The molecule has 3 rings (SSSR count). The van der Waals surface area contributed by atoms with Gasteiger partial charge in [0.2, 0.25) is 0 Å². The smallest absolute Gasteiger partial charge is 0.0876 e. The Morgan fingerprint density at radius 2 is 2.15 bits per heavy atom. The zero-order valence-electron chi connectivity index (χ0n) is 11.4. The Morgan fingerprint density at radius 1 is 1.35 bits per heavy atom. The van der Waals surface area contributed by atoms with E-state index < -0.39 is 0 Å². The van der Waals surface area contributed by atoms with Crippen molar-refractivity contribution >= 4 is 38.2 Å². The SMILES string of the molecule is CNC(Cc1sccc1Br)c1nn(C)c2ccccc12. The van der Waals surface area contributed by atoms with Gasteiger partial charge in [-0.1, -0.05) is 18.2 Å². The molecule has 104 valence electrons. The molecule has 0 aliphatic rings. The van der Waals surface area contributed by atoms with Crippen LogP contribution in [0.15, 0.2) is 40.2 Å². The number of halogens is 1. The molecular weight excluding hydrogens is 334 g/mol. The summed E-state index contributed by atoms with van der Waals surface area (Å²) in [5, 5.41) is 11.5. The molecule has 0 spiro atoms. The second-order valence-electron chi connectivity index (χ2n) is 4.76. The van der Waals surface area contributed by atoms with Gasteiger partial charge in [0.15, 0.2) is 0 Å². The topological polar surface area (TPSA) is 29.9 Å². The van der Waals surface area contributed by atoms with Crippen LogP contribution in [0.3, 0.4) is 0 Å². The summed E-state index contributed by atoms with van der Waals surface area (Å²) in [4.78, 5) is 1.35. The normalized spacial score (nSPS) is 12.9. The minimum atomic E-state index is 0.219. The van der Waals surface area contributed by atoms with E-state index in [4.69, 9.17) is 5.10 Å². The number of nitrogens with zero attached hydrogens (tertiary/aromatic N) is 2. The van der Waals surface area contributed by atoms with E-state index in [0.29, 0.717) is 0 Å². The van der Waals surface area contributed by atoms with E-state index in [-0.39, 0.29) is 6.04 Å². The van der Waals surface area contributed by atoms with Gasteiger partial charge in [0, 0.05) is 28.2 Å². The van der Waals surface area contributed by atoms with Crippen molar-refractivity contribution < 1.29 is 0 Å². The summed E-state index contributed by atoms with van der Waals surface area (Å²) in [5.74, 6) is 0. The van der Waals surface area contributed by atoms with Gasteiger partial charge in [0.25, 0.3) is 0 Å². The van der Waals surface area contributed by atoms with Gasteiger partial charge >= 0.3 is 0 Å². The molecule has 1 unspecified atom stereocenters. The summed E-state index contributed by atoms with van der Waals surface area (Å²) in [5.41, 5.74) is 2.29. The van der Waals surface area contributed by atoms with Crippen molar-refractivity contribution in [3.05, 3.63) is 50.8 Å². The fourth-order valence-corrected chi connectivity index (χ4v) is 4.05. The Morgan fingerprint density at radius 3 is 2.85 bits per heavy atom. The first-order valence-electron chi connectivity index (χ1n) is 6.51. The monoisotopic (exact) mass is 349 g/mol. The van der Waals surface area contributed by atoms with Crippen LogP contribution in [-0.2, 0) is 13.5 Å². The molecular formula is C15H16BrN3S. The number of fused-ring (bicyclic) bond motifs is 1. The Bertz CT molecular complexity index is 732. The molecule has 1 atom stereocenters. The molecule has 0 amide bonds. The summed E-state index contributed by atoms with van der Waals surface area (Å²) < 4.78 is 3.14. The fraction of sp³-hybridized carbons (Fsp3) is 0.267. The highest BCUT2D eigenvalue weighted by Gasteiger charge is 2.19. The zero-order valence-corrected chi connectivity index (χ0v) is 13.8. The molecule has 0 fully saturated rings. The largest absolute Gasteiger partial charge is 0.311 e. The van der Waals surface area contributed by atoms with E-state index in [1.807, 2.05) is 18.8 Å². The summed E-state index contributed by atoms with van der Waals surface area (Å²) in [6.45, 7) is 0. The number of aromatic nitrogens is 2. The fourth-order valence-electron chi connectivity index (χ4n) is 2.49. The number of benzene rings is 1. The molecule has 2 aromatic heterocycles. The van der Waals surface area contributed by atoms with Gasteiger partial charge in [-0.25, -0.2) is 0 Å². The number of nitrogens with one attached hydrogen (secondary N) is 1. The van der Waals surface area contributed by atoms with E-state index in [9.17, 15) is 0 Å². The first-order chi connectivity index (χ1) is 9.70. The number of thiophene rings is 1. The second-order valence-corrected chi connectivity index (χ2v) is 6.62. The Balaban J connectivity index is 2.01. The van der Waals surface area contributed by atoms with Crippen molar-refractivity contribution in [3.8, 4) is 0 Å². The first-order valence-corrected chi connectivity index (χ1v) is 8.18. The summed E-state index contributed by atoms with van der Waals surface area (Å²) in [6, 6.07) is 10.7. The van der Waals surface area contributed by atoms with Crippen molar-refractivity contribution in [2.24, 2.45) is 7.05 Å². The molecule has 0 bridgehead atoms. The van der Waals surface area contributed by atoms with E-state index in [0.717, 1.165) is 12.1 Å². The minimum absolute atomic E-state index is 0.219. The lowest BCUT2D eigenvalue weighted by Gasteiger charge is -2.13. The van der Waals surface area contributed by atoms with Crippen LogP contribution < -0.4 is 5.32 Å². The van der Waals surface area contributed by atoms with Gasteiger partial charge in [-0.2, -0.15) is 5.10 Å². The highest BCUT2D eigenvalue weighted by atomic mass is 79.9. The van der Waals surface area contributed by atoms with Crippen LogP contribution in [0.1, 0.15) is 16.6 Å². The van der Waals surface area contributed by atoms with Crippen LogP contribution in [0.5, 0.6) is 0 Å². The molecule has 0 aliphatic heterocycles. The molecule has 5 heteroatoms. The van der Waals surface area contributed by atoms with Gasteiger partial charge in [0.1, 0.15) is 0 Å². The van der Waals surface area contributed by atoms with Gasteiger partial charge in [-0.15, -0.1) is 11.3 Å². The Hall–Kier alpha value is -1.17. The van der Waals surface area contributed by atoms with Crippen LogP contribution >= 0.6 is 27.3 Å². The number of aryl methyl sites for hydroxylation is 1. The molecule has 2 heterocycles. The van der Waals surface area contributed by atoms with Crippen LogP contribution in [0.25, 0.3) is 10.9 Å². The summed E-state index contributed by atoms with van der Waals surface area (Å²) in [7, 11) is 4.00. The van der Waals surface area contributed by atoms with Gasteiger partial charge in [-0.05, 0) is 40.5 Å². The van der Waals surface area contributed by atoms with E-state index >= 15 is 0 Å². The lowest BCUT2D eigenvalue weighted by atomic mass is 10.1. The number of rotatable bonds is 4. The van der Waals surface area contributed by atoms with Crippen LogP contribution in [-0.4, -0.2) is 16.8 Å². The summed E-state index contributed by atoms with van der Waals surface area (Å²) >= 11 is 5.39. The van der Waals surface area contributed by atoms with Gasteiger partial charge < -0.3 is 5.32 Å². The van der Waals surface area contributed by atoms with Crippen molar-refractivity contribution in [2.75, 3.05) is 7.05 Å². The third-order valence-electron chi connectivity index (χ3n) is 3.55. The molecule has 3 nitrogen and oxygen atoms in total. The average molecular weight is 350 g/mol. The van der Waals surface area contributed by atoms with E-state index in [2.05, 4.69) is 57.0 Å². The predicted octanol–water partition coefficient (Wildman–Crippen LogP) is 3.90. The zero-order chi connectivity index (χ0) is 14.1. The van der Waals surface area contributed by atoms with Crippen LogP contribution in [0.4, 0.5) is 0 Å². The van der Waals surface area contributed by atoms with Crippen molar-refractivity contribution in [1.29, 1.82) is 0 Å². The third-order valence-corrected chi connectivity index (χ3v) is 5.49. The molecule has 1 aromatic carbocycles. The quantitative estimate of drug-likeness (QED) is 0.773. The van der Waals surface area contributed by atoms with Gasteiger partial charge in [0.05, 0.1) is 17.3 Å². The van der Waals surface area contributed by atoms with Crippen molar-refractivity contribution in [1.82, 2.24) is 15.1 Å². The highest BCUT2D eigenvalue weighted by molar-refractivity contribution is 9.10. The molecule has 0 saturated heterocycles. The summed E-state index contributed by atoms with van der Waals surface area (Å²) in [6.07, 6.45) is 0.940. The van der Waals surface area contributed by atoms with E-state index in [1.54, 1.807) is 11.3 Å². The standard InChI is InChI=1S/C15H16BrN3S/c1-17-12(9-14-11(16)7-8-20-14)15-10-5-3-4-6-13(10)19(2)18-15/h3-8,12,17H,9H2,1-2H3. The Labute approximate surface area is 130 Å². The Kier molecular flexibility index (Phi) is 3.92. The number of likely N-dealkylation sites (N-methyl/N-ethyl adjacent to an activating group) is 1. The second kappa shape index (κ2) is 5.68. The number of hydrogen-bond acceptors (Lipinski definition) is 3. The van der Waals surface area contributed by atoms with Crippen LogP contribution in [0.2, 0.25) is 0 Å².